The number of nitrogens with one attached hydrogen (secondary N) is 1. The third-order valence-electron chi connectivity index (χ3n) is 3.23. The van der Waals surface area contributed by atoms with Gasteiger partial charge >= 0.3 is 0 Å². The molecule has 1 N–H and O–H groups in total. The Kier molecular flexibility index (Phi) is 5.00. The summed E-state index contributed by atoms with van der Waals surface area (Å²) >= 11 is 0. The number of hydrogen-bond donors (Lipinski definition) is 1. The van der Waals surface area contributed by atoms with Crippen LogP contribution < -0.4 is 5.32 Å². The minimum absolute atomic E-state index is 0.434. The van der Waals surface area contributed by atoms with E-state index < -0.39 is 0 Å². The monoisotopic (exact) mass is 223 g/mol. The zero-order valence-electron chi connectivity index (χ0n) is 11.2. The molecule has 0 aliphatic heterocycles. The second-order valence-electron chi connectivity index (χ2n) is 4.59. The van der Waals surface area contributed by atoms with Crippen LogP contribution in [0, 0.1) is 5.92 Å². The van der Waals surface area contributed by atoms with Crippen LogP contribution in [-0.4, -0.2) is 16.8 Å². The predicted octanol–water partition coefficient (Wildman–Crippen LogP) is 2.68. The highest BCUT2D eigenvalue weighted by atomic mass is 15.3. The second kappa shape index (κ2) is 6.04. The first-order valence-corrected chi connectivity index (χ1v) is 6.33. The van der Waals surface area contributed by atoms with Crippen LogP contribution in [0.3, 0.4) is 0 Å². The molecule has 0 spiro atoms. The van der Waals surface area contributed by atoms with E-state index in [9.17, 15) is 0 Å². The van der Waals surface area contributed by atoms with E-state index in [-0.39, 0.29) is 0 Å². The van der Waals surface area contributed by atoms with E-state index in [1.54, 1.807) is 0 Å². The minimum Gasteiger partial charge on any atom is -0.313 e. The van der Waals surface area contributed by atoms with Crippen molar-refractivity contribution in [2.75, 3.05) is 7.05 Å². The molecule has 16 heavy (non-hydrogen) atoms. The summed E-state index contributed by atoms with van der Waals surface area (Å²) in [7, 11) is 4.04. The van der Waals surface area contributed by atoms with Gasteiger partial charge in [-0.2, -0.15) is 5.10 Å². The molecule has 0 amide bonds. The summed E-state index contributed by atoms with van der Waals surface area (Å²) in [4.78, 5) is 0. The molecule has 2 atom stereocenters. The Morgan fingerprint density at radius 1 is 1.44 bits per heavy atom. The fraction of sp³-hybridized carbons (Fsp3) is 0.769. The number of hydrogen-bond acceptors (Lipinski definition) is 2. The van der Waals surface area contributed by atoms with Gasteiger partial charge in [-0.1, -0.05) is 27.2 Å². The summed E-state index contributed by atoms with van der Waals surface area (Å²) in [6, 6.07) is 0.434. The fourth-order valence-electron chi connectivity index (χ4n) is 2.46. The molecule has 0 aromatic carbocycles. The quantitative estimate of drug-likeness (QED) is 0.803. The Hall–Kier alpha value is -0.830. The molecule has 0 bridgehead atoms. The van der Waals surface area contributed by atoms with E-state index in [2.05, 4.69) is 37.4 Å². The lowest BCUT2D eigenvalue weighted by molar-refractivity contribution is 0.382. The zero-order chi connectivity index (χ0) is 12.1. The Morgan fingerprint density at radius 3 is 2.62 bits per heavy atom. The van der Waals surface area contributed by atoms with Gasteiger partial charge < -0.3 is 5.32 Å². The highest BCUT2D eigenvalue weighted by Gasteiger charge is 2.21. The van der Waals surface area contributed by atoms with E-state index in [1.165, 1.54) is 24.1 Å². The lowest BCUT2D eigenvalue weighted by Crippen LogP contribution is -2.24. The van der Waals surface area contributed by atoms with Gasteiger partial charge in [-0.15, -0.1) is 0 Å². The summed E-state index contributed by atoms with van der Waals surface area (Å²) < 4.78 is 1.93. The molecule has 3 nitrogen and oxygen atoms in total. The summed E-state index contributed by atoms with van der Waals surface area (Å²) in [6.07, 6.45) is 5.66. The highest BCUT2D eigenvalue weighted by molar-refractivity contribution is 5.22. The van der Waals surface area contributed by atoms with E-state index in [0.717, 1.165) is 6.42 Å². The fourth-order valence-corrected chi connectivity index (χ4v) is 2.46. The van der Waals surface area contributed by atoms with Crippen LogP contribution >= 0.6 is 0 Å². The van der Waals surface area contributed by atoms with Crippen LogP contribution in [0.2, 0.25) is 0 Å². The lowest BCUT2D eigenvalue weighted by Gasteiger charge is -2.23. The molecule has 3 heteroatoms. The number of aromatic nitrogens is 2. The Balaban J connectivity index is 2.93. The van der Waals surface area contributed by atoms with E-state index in [0.29, 0.717) is 12.0 Å². The smallest absolute Gasteiger partial charge is 0.0669 e. The first-order chi connectivity index (χ1) is 7.63. The SMILES string of the molecule is CCCC(C)C(NC)c1cn(C)nc1CC. The van der Waals surface area contributed by atoms with Crippen LogP contribution in [0.4, 0.5) is 0 Å². The summed E-state index contributed by atoms with van der Waals surface area (Å²) in [5.41, 5.74) is 2.60. The minimum atomic E-state index is 0.434. The molecule has 1 heterocycles. The van der Waals surface area contributed by atoms with Crippen LogP contribution in [0.15, 0.2) is 6.20 Å². The maximum absolute atomic E-state index is 4.52. The van der Waals surface area contributed by atoms with Crippen LogP contribution in [0.1, 0.15) is 50.9 Å². The molecule has 0 fully saturated rings. The van der Waals surface area contributed by atoms with E-state index in [4.69, 9.17) is 0 Å². The van der Waals surface area contributed by atoms with Crippen LogP contribution in [0.25, 0.3) is 0 Å². The van der Waals surface area contributed by atoms with Gasteiger partial charge in [0.1, 0.15) is 0 Å². The van der Waals surface area contributed by atoms with Gasteiger partial charge in [0.2, 0.25) is 0 Å². The second-order valence-corrected chi connectivity index (χ2v) is 4.59. The lowest BCUT2D eigenvalue weighted by atomic mass is 9.91. The van der Waals surface area contributed by atoms with Gasteiger partial charge in [0, 0.05) is 24.8 Å². The van der Waals surface area contributed by atoms with Crippen LogP contribution in [0.5, 0.6) is 0 Å². The van der Waals surface area contributed by atoms with Crippen molar-refractivity contribution in [1.29, 1.82) is 0 Å². The third-order valence-corrected chi connectivity index (χ3v) is 3.23. The molecular formula is C13H25N3. The molecule has 0 aliphatic rings. The van der Waals surface area contributed by atoms with E-state index >= 15 is 0 Å². The first kappa shape index (κ1) is 13.2. The van der Waals surface area contributed by atoms with Gasteiger partial charge in [0.15, 0.2) is 0 Å². The van der Waals surface area contributed by atoms with Crippen molar-refractivity contribution in [2.45, 2.75) is 46.1 Å². The molecule has 2 unspecified atom stereocenters. The standard InChI is InChI=1S/C13H25N3/c1-6-8-10(3)13(14-4)11-9-16(5)15-12(11)7-2/h9-10,13-14H,6-8H2,1-5H3. The normalized spacial score (nSPS) is 15.1. The zero-order valence-corrected chi connectivity index (χ0v) is 11.2. The average molecular weight is 223 g/mol. The van der Waals surface area contributed by atoms with Gasteiger partial charge in [0.25, 0.3) is 0 Å². The van der Waals surface area contributed by atoms with Crippen LogP contribution in [-0.2, 0) is 13.5 Å². The van der Waals surface area contributed by atoms with Crippen molar-refractivity contribution in [3.05, 3.63) is 17.5 Å². The van der Waals surface area contributed by atoms with Gasteiger partial charge in [0.05, 0.1) is 5.69 Å². The van der Waals surface area contributed by atoms with Gasteiger partial charge in [-0.25, -0.2) is 0 Å². The van der Waals surface area contributed by atoms with E-state index in [1.807, 2.05) is 18.8 Å². The number of rotatable bonds is 6. The Morgan fingerprint density at radius 2 is 2.12 bits per heavy atom. The topological polar surface area (TPSA) is 29.9 Å². The van der Waals surface area contributed by atoms with Gasteiger partial charge in [-0.05, 0) is 25.8 Å². The largest absolute Gasteiger partial charge is 0.313 e. The third kappa shape index (κ3) is 2.85. The van der Waals surface area contributed by atoms with Crippen molar-refractivity contribution in [1.82, 2.24) is 15.1 Å². The average Bonchev–Trinajstić information content (AvgIpc) is 2.61. The maximum Gasteiger partial charge on any atom is 0.0669 e. The van der Waals surface area contributed by atoms with Crippen molar-refractivity contribution in [3.8, 4) is 0 Å². The van der Waals surface area contributed by atoms with Gasteiger partial charge in [-0.3, -0.25) is 4.68 Å². The van der Waals surface area contributed by atoms with Crippen molar-refractivity contribution < 1.29 is 0 Å². The predicted molar refractivity (Wildman–Crippen MR) is 68.5 cm³/mol. The molecule has 0 radical (unpaired) electrons. The molecule has 0 saturated heterocycles. The molecule has 0 saturated carbocycles. The van der Waals surface area contributed by atoms with Crippen molar-refractivity contribution >= 4 is 0 Å². The molecule has 1 aromatic rings. The molecule has 92 valence electrons. The maximum atomic E-state index is 4.52. The summed E-state index contributed by atoms with van der Waals surface area (Å²) in [6.45, 7) is 6.73. The molecule has 1 aromatic heterocycles. The molecule has 1 rings (SSSR count). The van der Waals surface area contributed by atoms with Crippen molar-refractivity contribution in [3.63, 3.8) is 0 Å². The summed E-state index contributed by atoms with van der Waals surface area (Å²) in [5, 5.41) is 7.95. The highest BCUT2D eigenvalue weighted by Crippen LogP contribution is 2.27. The number of aryl methyl sites for hydroxylation is 2. The Labute approximate surface area is 99.2 Å². The Bertz CT molecular complexity index is 317. The molecular weight excluding hydrogens is 198 g/mol. The first-order valence-electron chi connectivity index (χ1n) is 6.33. The van der Waals surface area contributed by atoms with Crippen molar-refractivity contribution in [2.24, 2.45) is 13.0 Å². The number of nitrogens with zero attached hydrogens (tertiary/aromatic N) is 2. The summed E-state index contributed by atoms with van der Waals surface area (Å²) in [5.74, 6) is 0.657. The molecule has 0 aliphatic carbocycles.